The molecule has 0 atom stereocenters. The van der Waals surface area contributed by atoms with Crippen LogP contribution in [0.4, 0.5) is 15.8 Å². The Kier molecular flexibility index (Phi) is 4.88. The predicted octanol–water partition coefficient (Wildman–Crippen LogP) is 3.08. The van der Waals surface area contributed by atoms with Crippen LogP contribution in [0, 0.1) is 22.9 Å². The van der Waals surface area contributed by atoms with Crippen LogP contribution in [0.5, 0.6) is 0 Å². The molecule has 0 spiro atoms. The number of methoxy groups -OCH3 is 1. The molecular formula is C16H13FN2O5. The van der Waals surface area contributed by atoms with Gasteiger partial charge in [0, 0.05) is 5.56 Å². The summed E-state index contributed by atoms with van der Waals surface area (Å²) < 4.78 is 18.4. The van der Waals surface area contributed by atoms with Crippen LogP contribution in [0.25, 0.3) is 0 Å². The van der Waals surface area contributed by atoms with Gasteiger partial charge in [-0.1, -0.05) is 12.1 Å². The number of esters is 1. The van der Waals surface area contributed by atoms with E-state index in [-0.39, 0.29) is 22.5 Å². The van der Waals surface area contributed by atoms with E-state index in [2.05, 4.69) is 10.1 Å². The summed E-state index contributed by atoms with van der Waals surface area (Å²) in [5.41, 5.74) is -0.509. The molecule has 0 heterocycles. The molecule has 0 saturated heterocycles. The van der Waals surface area contributed by atoms with Gasteiger partial charge >= 0.3 is 5.97 Å². The van der Waals surface area contributed by atoms with Crippen molar-refractivity contribution < 1.29 is 23.6 Å². The first-order valence-corrected chi connectivity index (χ1v) is 6.78. The minimum Gasteiger partial charge on any atom is -0.465 e. The van der Waals surface area contributed by atoms with Crippen LogP contribution in [0.15, 0.2) is 36.4 Å². The normalized spacial score (nSPS) is 10.1. The van der Waals surface area contributed by atoms with Crippen molar-refractivity contribution in [1.29, 1.82) is 0 Å². The highest BCUT2D eigenvalue weighted by atomic mass is 19.1. The summed E-state index contributed by atoms with van der Waals surface area (Å²) in [5, 5.41) is 13.4. The third-order valence-corrected chi connectivity index (χ3v) is 3.30. The van der Waals surface area contributed by atoms with Crippen molar-refractivity contribution >= 4 is 23.3 Å². The first-order chi connectivity index (χ1) is 11.3. The molecule has 0 aliphatic heterocycles. The van der Waals surface area contributed by atoms with E-state index in [4.69, 9.17) is 0 Å². The number of nitro groups is 1. The largest absolute Gasteiger partial charge is 0.465 e. The number of para-hydroxylation sites is 1. The van der Waals surface area contributed by atoms with Crippen molar-refractivity contribution in [1.82, 2.24) is 0 Å². The van der Waals surface area contributed by atoms with Gasteiger partial charge in [0.05, 0.1) is 23.3 Å². The number of carbonyl (C=O) groups excluding carboxylic acids is 2. The van der Waals surface area contributed by atoms with Crippen molar-refractivity contribution in [3.05, 3.63) is 69.0 Å². The quantitative estimate of drug-likeness (QED) is 0.527. The van der Waals surface area contributed by atoms with E-state index in [0.29, 0.717) is 5.56 Å². The number of nitro benzene ring substituents is 1. The molecule has 0 saturated carbocycles. The zero-order chi connectivity index (χ0) is 17.9. The molecule has 0 fully saturated rings. The van der Waals surface area contributed by atoms with E-state index in [1.165, 1.54) is 38.3 Å². The summed E-state index contributed by atoms with van der Waals surface area (Å²) in [7, 11) is 1.17. The number of aryl methyl sites for hydroxylation is 1. The third kappa shape index (κ3) is 3.37. The summed E-state index contributed by atoms with van der Waals surface area (Å²) >= 11 is 0. The number of nitrogens with zero attached hydrogens (tertiary/aromatic N) is 1. The van der Waals surface area contributed by atoms with Crippen LogP contribution in [0.2, 0.25) is 0 Å². The zero-order valence-electron chi connectivity index (χ0n) is 12.8. The van der Waals surface area contributed by atoms with E-state index < -0.39 is 22.6 Å². The lowest BCUT2D eigenvalue weighted by molar-refractivity contribution is -0.385. The van der Waals surface area contributed by atoms with Crippen molar-refractivity contribution in [2.75, 3.05) is 12.4 Å². The van der Waals surface area contributed by atoms with Gasteiger partial charge in [-0.15, -0.1) is 0 Å². The minimum atomic E-state index is -0.855. The molecule has 2 aromatic rings. The SMILES string of the molecule is COC(=O)c1ccc(F)c(NC(=O)c2cccc(C)c2[N+](=O)[O-])c1. The Morgan fingerprint density at radius 1 is 1.25 bits per heavy atom. The average molecular weight is 332 g/mol. The smallest absolute Gasteiger partial charge is 0.337 e. The van der Waals surface area contributed by atoms with Gasteiger partial charge in [0.2, 0.25) is 0 Å². The van der Waals surface area contributed by atoms with Gasteiger partial charge in [-0.3, -0.25) is 14.9 Å². The first-order valence-electron chi connectivity index (χ1n) is 6.78. The van der Waals surface area contributed by atoms with Crippen LogP contribution < -0.4 is 5.32 Å². The van der Waals surface area contributed by atoms with E-state index in [9.17, 15) is 24.1 Å². The number of rotatable bonds is 4. The molecular weight excluding hydrogens is 319 g/mol. The molecule has 2 aromatic carbocycles. The maximum absolute atomic E-state index is 13.9. The summed E-state index contributed by atoms with van der Waals surface area (Å²) in [5.74, 6) is -2.34. The molecule has 24 heavy (non-hydrogen) atoms. The maximum atomic E-state index is 13.9. The Hall–Kier alpha value is -3.29. The van der Waals surface area contributed by atoms with Crippen molar-refractivity contribution in [2.24, 2.45) is 0 Å². The highest BCUT2D eigenvalue weighted by Crippen LogP contribution is 2.25. The summed E-state index contributed by atoms with van der Waals surface area (Å²) in [4.78, 5) is 34.2. The molecule has 0 aliphatic carbocycles. The van der Waals surface area contributed by atoms with Gasteiger partial charge in [0.25, 0.3) is 11.6 Å². The standard InChI is InChI=1S/C16H13FN2O5/c1-9-4-3-5-11(14(9)19(22)23)15(20)18-13-8-10(16(21)24-2)6-7-12(13)17/h3-8H,1-2H3,(H,18,20). The Bertz CT molecular complexity index is 835. The summed E-state index contributed by atoms with van der Waals surface area (Å²) in [6.45, 7) is 1.49. The second kappa shape index (κ2) is 6.86. The van der Waals surface area contributed by atoms with Crippen molar-refractivity contribution in [3.63, 3.8) is 0 Å². The monoisotopic (exact) mass is 332 g/mol. The Morgan fingerprint density at radius 2 is 1.96 bits per heavy atom. The number of ether oxygens (including phenoxy) is 1. The van der Waals surface area contributed by atoms with Gasteiger partial charge in [-0.25, -0.2) is 9.18 Å². The Balaban J connectivity index is 2.39. The van der Waals surface area contributed by atoms with Crippen molar-refractivity contribution in [2.45, 2.75) is 6.92 Å². The van der Waals surface area contributed by atoms with E-state index in [1.807, 2.05) is 0 Å². The summed E-state index contributed by atoms with van der Waals surface area (Å²) in [6.07, 6.45) is 0. The number of halogens is 1. The predicted molar refractivity (Wildman–Crippen MR) is 83.5 cm³/mol. The minimum absolute atomic E-state index is 0.0351. The highest BCUT2D eigenvalue weighted by Gasteiger charge is 2.23. The van der Waals surface area contributed by atoms with E-state index >= 15 is 0 Å². The van der Waals surface area contributed by atoms with Gasteiger partial charge in [0.15, 0.2) is 0 Å². The Morgan fingerprint density at radius 3 is 2.58 bits per heavy atom. The fraction of sp³-hybridized carbons (Fsp3) is 0.125. The van der Waals surface area contributed by atoms with Crippen LogP contribution in [0.1, 0.15) is 26.3 Å². The molecule has 0 unspecified atom stereocenters. The maximum Gasteiger partial charge on any atom is 0.337 e. The lowest BCUT2D eigenvalue weighted by Crippen LogP contribution is -2.16. The third-order valence-electron chi connectivity index (χ3n) is 3.30. The number of nitrogens with one attached hydrogen (secondary N) is 1. The molecule has 7 nitrogen and oxygen atoms in total. The number of anilines is 1. The van der Waals surface area contributed by atoms with Crippen LogP contribution in [-0.2, 0) is 4.74 Å². The number of benzene rings is 2. The molecule has 1 N–H and O–H groups in total. The molecule has 0 aliphatic rings. The first kappa shape index (κ1) is 17.1. The highest BCUT2D eigenvalue weighted by molar-refractivity contribution is 6.07. The molecule has 0 radical (unpaired) electrons. The van der Waals surface area contributed by atoms with Gasteiger partial charge in [0.1, 0.15) is 11.4 Å². The van der Waals surface area contributed by atoms with Crippen LogP contribution in [-0.4, -0.2) is 23.9 Å². The molecule has 124 valence electrons. The molecule has 2 rings (SSSR count). The topological polar surface area (TPSA) is 98.5 Å². The number of hydrogen-bond acceptors (Lipinski definition) is 5. The number of hydrogen-bond donors (Lipinski definition) is 1. The summed E-state index contributed by atoms with van der Waals surface area (Å²) in [6, 6.07) is 7.54. The van der Waals surface area contributed by atoms with Crippen molar-refractivity contribution in [3.8, 4) is 0 Å². The lowest BCUT2D eigenvalue weighted by Gasteiger charge is -2.09. The zero-order valence-corrected chi connectivity index (χ0v) is 12.8. The second-order valence-electron chi connectivity index (χ2n) is 4.87. The lowest BCUT2D eigenvalue weighted by atomic mass is 10.1. The number of amides is 1. The Labute approximate surface area is 136 Å². The molecule has 1 amide bonds. The molecule has 0 bridgehead atoms. The van der Waals surface area contributed by atoms with Gasteiger partial charge in [-0.2, -0.15) is 0 Å². The fourth-order valence-electron chi connectivity index (χ4n) is 2.14. The van der Waals surface area contributed by atoms with Crippen LogP contribution in [0.3, 0.4) is 0 Å². The molecule has 0 aromatic heterocycles. The van der Waals surface area contributed by atoms with E-state index in [1.54, 1.807) is 0 Å². The number of carbonyl (C=O) groups is 2. The average Bonchev–Trinajstić information content (AvgIpc) is 2.55. The second-order valence-corrected chi connectivity index (χ2v) is 4.87. The van der Waals surface area contributed by atoms with E-state index in [0.717, 1.165) is 12.1 Å². The molecule has 8 heteroatoms. The fourth-order valence-corrected chi connectivity index (χ4v) is 2.14. The van der Waals surface area contributed by atoms with Gasteiger partial charge < -0.3 is 10.1 Å². The van der Waals surface area contributed by atoms with Gasteiger partial charge in [-0.05, 0) is 31.2 Å². The van der Waals surface area contributed by atoms with Crippen LogP contribution >= 0.6 is 0 Å².